The van der Waals surface area contributed by atoms with E-state index in [9.17, 15) is 13.2 Å². The minimum atomic E-state index is -2.94. The maximum absolute atomic E-state index is 12.2. The molecule has 3 atom stereocenters. The topological polar surface area (TPSA) is 80.5 Å². The van der Waals surface area contributed by atoms with Gasteiger partial charge < -0.3 is 10.6 Å². The molecular formula is C11H20N2O3S. The van der Waals surface area contributed by atoms with E-state index in [2.05, 4.69) is 0 Å². The molecule has 0 spiro atoms. The van der Waals surface area contributed by atoms with Crippen LogP contribution >= 0.6 is 0 Å². The average molecular weight is 260 g/mol. The van der Waals surface area contributed by atoms with Crippen LogP contribution in [-0.4, -0.2) is 49.9 Å². The molecule has 1 amide bonds. The lowest BCUT2D eigenvalue weighted by molar-refractivity contribution is -0.136. The molecule has 0 bridgehead atoms. The molecule has 0 aromatic heterocycles. The lowest BCUT2D eigenvalue weighted by Crippen LogP contribution is -2.45. The molecule has 2 rings (SSSR count). The molecule has 5 nitrogen and oxygen atoms in total. The van der Waals surface area contributed by atoms with E-state index in [-0.39, 0.29) is 35.4 Å². The number of hydrogen-bond donors (Lipinski definition) is 1. The van der Waals surface area contributed by atoms with Crippen molar-refractivity contribution in [1.82, 2.24) is 4.90 Å². The van der Waals surface area contributed by atoms with Crippen molar-refractivity contribution in [3.8, 4) is 0 Å². The highest BCUT2D eigenvalue weighted by molar-refractivity contribution is 7.91. The number of hydrogen-bond acceptors (Lipinski definition) is 4. The minimum Gasteiger partial charge on any atom is -0.341 e. The van der Waals surface area contributed by atoms with Crippen LogP contribution in [0.4, 0.5) is 0 Å². The van der Waals surface area contributed by atoms with E-state index in [1.165, 1.54) is 0 Å². The molecule has 98 valence electrons. The Bertz CT molecular complexity index is 407. The highest BCUT2D eigenvalue weighted by Gasteiger charge is 2.38. The van der Waals surface area contributed by atoms with Crippen LogP contribution in [0, 0.1) is 5.92 Å². The summed E-state index contributed by atoms with van der Waals surface area (Å²) in [6.07, 6.45) is 3.29. The average Bonchev–Trinajstić information content (AvgIpc) is 2.82. The first-order chi connectivity index (χ1) is 7.91. The summed E-state index contributed by atoms with van der Waals surface area (Å²) in [5.41, 5.74) is 5.90. The summed E-state index contributed by atoms with van der Waals surface area (Å²) in [6, 6.07) is -0.205. The van der Waals surface area contributed by atoms with Gasteiger partial charge in [0.2, 0.25) is 5.91 Å². The van der Waals surface area contributed by atoms with Crippen LogP contribution < -0.4 is 5.73 Å². The Morgan fingerprint density at radius 2 is 2.00 bits per heavy atom. The maximum Gasteiger partial charge on any atom is 0.227 e. The van der Waals surface area contributed by atoms with Crippen molar-refractivity contribution in [2.24, 2.45) is 11.7 Å². The summed E-state index contributed by atoms with van der Waals surface area (Å²) in [5.74, 6) is 0.226. The zero-order valence-electron chi connectivity index (χ0n) is 10.1. The van der Waals surface area contributed by atoms with Crippen molar-refractivity contribution in [3.63, 3.8) is 0 Å². The number of carbonyl (C=O) groups is 1. The smallest absolute Gasteiger partial charge is 0.227 e. The van der Waals surface area contributed by atoms with Crippen molar-refractivity contribution >= 4 is 15.7 Å². The largest absolute Gasteiger partial charge is 0.341 e. The fraction of sp³-hybridized carbons (Fsp3) is 0.909. The standard InChI is InChI=1S/C11H20N2O3S/c1-13(8-5-6-17(15,16)7-8)11(14)9-3-2-4-10(9)12/h8-10H,2-7,12H2,1H3. The molecule has 2 aliphatic rings. The summed E-state index contributed by atoms with van der Waals surface area (Å²) in [5, 5.41) is 0. The van der Waals surface area contributed by atoms with Gasteiger partial charge in [0, 0.05) is 19.1 Å². The van der Waals surface area contributed by atoms with Crippen LogP contribution in [0.15, 0.2) is 0 Å². The zero-order valence-corrected chi connectivity index (χ0v) is 10.9. The fourth-order valence-electron chi connectivity index (χ4n) is 2.82. The van der Waals surface area contributed by atoms with Gasteiger partial charge in [-0.25, -0.2) is 8.42 Å². The molecule has 2 N–H and O–H groups in total. The predicted molar refractivity (Wildman–Crippen MR) is 65.1 cm³/mol. The number of carbonyl (C=O) groups excluding carboxylic acids is 1. The normalized spacial score (nSPS) is 36.0. The summed E-state index contributed by atoms with van der Waals surface area (Å²) >= 11 is 0. The van der Waals surface area contributed by atoms with Gasteiger partial charge in [0.1, 0.15) is 0 Å². The number of nitrogens with zero attached hydrogens (tertiary/aromatic N) is 1. The molecule has 3 unspecified atom stereocenters. The Morgan fingerprint density at radius 3 is 2.47 bits per heavy atom. The second-order valence-corrected chi connectivity index (χ2v) is 7.44. The summed E-state index contributed by atoms with van der Waals surface area (Å²) in [7, 11) is -1.23. The minimum absolute atomic E-state index is 0.0251. The van der Waals surface area contributed by atoms with Crippen molar-refractivity contribution in [1.29, 1.82) is 0 Å². The zero-order chi connectivity index (χ0) is 12.6. The maximum atomic E-state index is 12.2. The van der Waals surface area contributed by atoms with Crippen molar-refractivity contribution in [2.45, 2.75) is 37.8 Å². The Morgan fingerprint density at radius 1 is 1.29 bits per heavy atom. The Kier molecular flexibility index (Phi) is 3.45. The van der Waals surface area contributed by atoms with Crippen molar-refractivity contribution in [2.75, 3.05) is 18.6 Å². The van der Waals surface area contributed by atoms with Crippen LogP contribution in [0.1, 0.15) is 25.7 Å². The van der Waals surface area contributed by atoms with Crippen LogP contribution in [0.25, 0.3) is 0 Å². The van der Waals surface area contributed by atoms with E-state index in [4.69, 9.17) is 5.73 Å². The fourth-order valence-corrected chi connectivity index (χ4v) is 4.59. The third kappa shape index (κ3) is 2.63. The molecule has 1 aliphatic carbocycles. The number of amides is 1. The van der Waals surface area contributed by atoms with E-state index >= 15 is 0 Å². The lowest BCUT2D eigenvalue weighted by atomic mass is 10.0. The molecule has 1 saturated carbocycles. The lowest BCUT2D eigenvalue weighted by Gasteiger charge is -2.27. The van der Waals surface area contributed by atoms with Crippen LogP contribution in [0.3, 0.4) is 0 Å². The first-order valence-corrected chi connectivity index (χ1v) is 7.95. The summed E-state index contributed by atoms with van der Waals surface area (Å²) in [6.45, 7) is 0. The summed E-state index contributed by atoms with van der Waals surface area (Å²) < 4.78 is 22.8. The first-order valence-electron chi connectivity index (χ1n) is 6.13. The number of sulfone groups is 1. The van der Waals surface area contributed by atoms with Gasteiger partial charge in [0.05, 0.1) is 17.4 Å². The van der Waals surface area contributed by atoms with E-state index in [1.54, 1.807) is 11.9 Å². The van der Waals surface area contributed by atoms with Gasteiger partial charge in [0.15, 0.2) is 9.84 Å². The van der Waals surface area contributed by atoms with Gasteiger partial charge in [-0.05, 0) is 19.3 Å². The van der Waals surface area contributed by atoms with Crippen LogP contribution in [0.2, 0.25) is 0 Å². The van der Waals surface area contributed by atoms with Gasteiger partial charge in [-0.15, -0.1) is 0 Å². The third-order valence-corrected chi connectivity index (χ3v) is 5.74. The second-order valence-electron chi connectivity index (χ2n) is 5.21. The Hall–Kier alpha value is -0.620. The number of nitrogens with two attached hydrogens (primary N) is 1. The molecule has 17 heavy (non-hydrogen) atoms. The monoisotopic (exact) mass is 260 g/mol. The predicted octanol–water partition coefficient (Wildman–Crippen LogP) is -0.241. The molecule has 1 aliphatic heterocycles. The van der Waals surface area contributed by atoms with Gasteiger partial charge >= 0.3 is 0 Å². The quantitative estimate of drug-likeness (QED) is 0.743. The number of rotatable bonds is 2. The van der Waals surface area contributed by atoms with Gasteiger partial charge in [-0.2, -0.15) is 0 Å². The van der Waals surface area contributed by atoms with Crippen molar-refractivity contribution < 1.29 is 13.2 Å². The highest BCUT2D eigenvalue weighted by Crippen LogP contribution is 2.27. The molecule has 6 heteroatoms. The third-order valence-electron chi connectivity index (χ3n) is 3.99. The second kappa shape index (κ2) is 4.57. The summed E-state index contributed by atoms with van der Waals surface area (Å²) in [4.78, 5) is 13.8. The molecule has 1 heterocycles. The molecule has 0 aromatic rings. The van der Waals surface area contributed by atoms with Crippen LogP contribution in [-0.2, 0) is 14.6 Å². The first kappa shape index (κ1) is 12.8. The van der Waals surface area contributed by atoms with Gasteiger partial charge in [0.25, 0.3) is 0 Å². The van der Waals surface area contributed by atoms with E-state index < -0.39 is 9.84 Å². The Labute approximate surface area is 102 Å². The van der Waals surface area contributed by atoms with E-state index in [0.29, 0.717) is 6.42 Å². The van der Waals surface area contributed by atoms with E-state index in [1.807, 2.05) is 0 Å². The molecule has 0 aromatic carbocycles. The molecule has 1 saturated heterocycles. The van der Waals surface area contributed by atoms with Crippen molar-refractivity contribution in [3.05, 3.63) is 0 Å². The molecular weight excluding hydrogens is 240 g/mol. The SMILES string of the molecule is CN(C(=O)C1CCCC1N)C1CCS(=O)(=O)C1. The van der Waals surface area contributed by atoms with Crippen LogP contribution in [0.5, 0.6) is 0 Å². The molecule has 2 fully saturated rings. The molecule has 0 radical (unpaired) electrons. The van der Waals surface area contributed by atoms with E-state index in [0.717, 1.165) is 19.3 Å². The van der Waals surface area contributed by atoms with Gasteiger partial charge in [-0.3, -0.25) is 4.79 Å². The van der Waals surface area contributed by atoms with Gasteiger partial charge in [-0.1, -0.05) is 6.42 Å². The Balaban J connectivity index is 2.00. The highest BCUT2D eigenvalue weighted by atomic mass is 32.2.